The van der Waals surface area contributed by atoms with Gasteiger partial charge >= 0.3 is 0 Å². The summed E-state index contributed by atoms with van der Waals surface area (Å²) < 4.78 is 5.35. The van der Waals surface area contributed by atoms with Crippen LogP contribution in [0.15, 0.2) is 77.9 Å². The predicted molar refractivity (Wildman–Crippen MR) is 122 cm³/mol. The van der Waals surface area contributed by atoms with Gasteiger partial charge in [-0.2, -0.15) is 5.10 Å². The van der Waals surface area contributed by atoms with E-state index in [2.05, 4.69) is 71.4 Å². The summed E-state index contributed by atoms with van der Waals surface area (Å²) in [6, 6.07) is 26.2. The summed E-state index contributed by atoms with van der Waals surface area (Å²) in [7, 11) is 1.70. The average molecular weight is 398 g/mol. The SMILES string of the molecule is COc1cccc(C(C)=NN2CCN(C3c4ccccc4-c4ccccc43)CC2)c1. The number of rotatable bonds is 4. The number of fused-ring (bicyclic) bond motifs is 3. The average Bonchev–Trinajstić information content (AvgIpc) is 3.14. The molecule has 5 rings (SSSR count). The highest BCUT2D eigenvalue weighted by molar-refractivity contribution is 5.98. The van der Waals surface area contributed by atoms with Crippen molar-refractivity contribution in [3.63, 3.8) is 0 Å². The Hall–Kier alpha value is -3.11. The molecule has 0 spiro atoms. The summed E-state index contributed by atoms with van der Waals surface area (Å²) in [6.07, 6.45) is 0. The number of benzene rings is 3. The van der Waals surface area contributed by atoms with Crippen LogP contribution in [0.1, 0.15) is 29.7 Å². The molecule has 0 amide bonds. The van der Waals surface area contributed by atoms with Gasteiger partial charge in [0.25, 0.3) is 0 Å². The molecule has 0 aromatic heterocycles. The van der Waals surface area contributed by atoms with Gasteiger partial charge in [-0.25, -0.2) is 0 Å². The Bertz CT molecular complexity index is 1040. The van der Waals surface area contributed by atoms with Gasteiger partial charge < -0.3 is 4.74 Å². The molecular formula is C26H27N3O. The molecule has 30 heavy (non-hydrogen) atoms. The van der Waals surface area contributed by atoms with E-state index in [1.54, 1.807) is 7.11 Å². The highest BCUT2D eigenvalue weighted by Gasteiger charge is 2.33. The minimum Gasteiger partial charge on any atom is -0.497 e. The predicted octanol–water partition coefficient (Wildman–Crippen LogP) is 4.81. The second-order valence-electron chi connectivity index (χ2n) is 7.98. The Morgan fingerprint density at radius 1 is 0.833 bits per heavy atom. The van der Waals surface area contributed by atoms with E-state index in [4.69, 9.17) is 9.84 Å². The van der Waals surface area contributed by atoms with Crippen molar-refractivity contribution in [2.75, 3.05) is 33.3 Å². The lowest BCUT2D eigenvalue weighted by Gasteiger charge is -2.37. The van der Waals surface area contributed by atoms with Crippen LogP contribution < -0.4 is 4.74 Å². The van der Waals surface area contributed by atoms with Gasteiger partial charge in [0.1, 0.15) is 5.75 Å². The van der Waals surface area contributed by atoms with E-state index >= 15 is 0 Å². The largest absolute Gasteiger partial charge is 0.497 e. The maximum absolute atomic E-state index is 5.35. The van der Waals surface area contributed by atoms with Gasteiger partial charge in [0, 0.05) is 31.7 Å². The van der Waals surface area contributed by atoms with Crippen LogP contribution in [0.2, 0.25) is 0 Å². The van der Waals surface area contributed by atoms with Crippen LogP contribution in [0.3, 0.4) is 0 Å². The van der Waals surface area contributed by atoms with E-state index in [0.29, 0.717) is 6.04 Å². The number of hydrogen-bond donors (Lipinski definition) is 0. The van der Waals surface area contributed by atoms with Crippen molar-refractivity contribution in [1.29, 1.82) is 0 Å². The molecule has 0 bridgehead atoms. The second-order valence-corrected chi connectivity index (χ2v) is 7.98. The fourth-order valence-corrected chi connectivity index (χ4v) is 4.71. The van der Waals surface area contributed by atoms with Gasteiger partial charge in [0.05, 0.1) is 18.9 Å². The van der Waals surface area contributed by atoms with Crippen molar-refractivity contribution < 1.29 is 4.74 Å². The van der Waals surface area contributed by atoms with E-state index in [9.17, 15) is 0 Å². The number of ether oxygens (including phenoxy) is 1. The van der Waals surface area contributed by atoms with Crippen LogP contribution in [0.5, 0.6) is 5.75 Å². The number of methoxy groups -OCH3 is 1. The quantitative estimate of drug-likeness (QED) is 0.592. The first-order valence-electron chi connectivity index (χ1n) is 10.6. The molecule has 0 saturated carbocycles. The normalized spacial score (nSPS) is 17.0. The first-order valence-corrected chi connectivity index (χ1v) is 10.6. The maximum atomic E-state index is 5.35. The van der Waals surface area contributed by atoms with Crippen LogP contribution in [0.4, 0.5) is 0 Å². The van der Waals surface area contributed by atoms with Crippen LogP contribution in [0.25, 0.3) is 11.1 Å². The van der Waals surface area contributed by atoms with Crippen LogP contribution >= 0.6 is 0 Å². The molecular weight excluding hydrogens is 370 g/mol. The molecule has 0 radical (unpaired) electrons. The summed E-state index contributed by atoms with van der Waals surface area (Å²) in [5.74, 6) is 0.866. The molecule has 4 heteroatoms. The second kappa shape index (κ2) is 7.96. The van der Waals surface area contributed by atoms with Crippen LogP contribution in [0, 0.1) is 0 Å². The molecule has 3 aromatic carbocycles. The summed E-state index contributed by atoms with van der Waals surface area (Å²) in [4.78, 5) is 2.61. The third-order valence-electron chi connectivity index (χ3n) is 6.24. The highest BCUT2D eigenvalue weighted by Crippen LogP contribution is 2.46. The number of nitrogens with zero attached hydrogens (tertiary/aromatic N) is 3. The van der Waals surface area contributed by atoms with E-state index in [0.717, 1.165) is 43.2 Å². The van der Waals surface area contributed by atoms with E-state index in [-0.39, 0.29) is 0 Å². The standard InChI is InChI=1S/C26H27N3O/c1-19(20-8-7-9-21(18-20)30-2)27-29-16-14-28(15-17-29)26-24-12-5-3-10-22(24)23-11-4-6-13-25(23)26/h3-13,18,26H,14-17H2,1-2H3. The van der Waals surface area contributed by atoms with Crippen molar-refractivity contribution in [2.24, 2.45) is 5.10 Å². The first-order chi connectivity index (χ1) is 14.7. The molecule has 152 valence electrons. The Balaban J connectivity index is 1.33. The zero-order valence-electron chi connectivity index (χ0n) is 17.6. The molecule has 3 aromatic rings. The Morgan fingerprint density at radius 2 is 1.47 bits per heavy atom. The topological polar surface area (TPSA) is 28.1 Å². The lowest BCUT2D eigenvalue weighted by atomic mass is 10.0. The fraction of sp³-hybridized carbons (Fsp3) is 0.269. The summed E-state index contributed by atoms with van der Waals surface area (Å²) in [5.41, 5.74) is 7.76. The molecule has 0 unspecified atom stereocenters. The monoisotopic (exact) mass is 397 g/mol. The molecule has 1 fully saturated rings. The first kappa shape index (κ1) is 18.9. The zero-order chi connectivity index (χ0) is 20.5. The molecule has 2 aliphatic rings. The smallest absolute Gasteiger partial charge is 0.119 e. The molecule has 1 heterocycles. The lowest BCUT2D eigenvalue weighted by molar-refractivity contribution is 0.114. The van der Waals surface area contributed by atoms with Crippen molar-refractivity contribution in [2.45, 2.75) is 13.0 Å². The highest BCUT2D eigenvalue weighted by atomic mass is 16.5. The Morgan fingerprint density at radius 3 is 2.10 bits per heavy atom. The third-order valence-corrected chi connectivity index (χ3v) is 6.24. The minimum absolute atomic E-state index is 0.350. The molecule has 1 aliphatic heterocycles. The minimum atomic E-state index is 0.350. The van der Waals surface area contributed by atoms with Gasteiger partial charge in [-0.05, 0) is 41.3 Å². The van der Waals surface area contributed by atoms with Crippen LogP contribution in [-0.4, -0.2) is 48.9 Å². The Labute approximate surface area is 178 Å². The summed E-state index contributed by atoms with van der Waals surface area (Å²) in [5, 5.41) is 7.11. The van der Waals surface area contributed by atoms with Gasteiger partial charge in [0.15, 0.2) is 0 Å². The van der Waals surface area contributed by atoms with Gasteiger partial charge in [0.2, 0.25) is 0 Å². The zero-order valence-corrected chi connectivity index (χ0v) is 17.6. The van der Waals surface area contributed by atoms with Gasteiger partial charge in [-0.15, -0.1) is 0 Å². The van der Waals surface area contributed by atoms with Gasteiger partial charge in [-0.1, -0.05) is 60.7 Å². The van der Waals surface area contributed by atoms with E-state index < -0.39 is 0 Å². The Kier molecular flexibility index (Phi) is 5.01. The number of hydrogen-bond acceptors (Lipinski definition) is 4. The van der Waals surface area contributed by atoms with Crippen LogP contribution in [-0.2, 0) is 0 Å². The number of piperazine rings is 1. The maximum Gasteiger partial charge on any atom is 0.119 e. The van der Waals surface area contributed by atoms with E-state index in [1.165, 1.54) is 22.3 Å². The van der Waals surface area contributed by atoms with Crippen molar-refractivity contribution >= 4 is 5.71 Å². The fourth-order valence-electron chi connectivity index (χ4n) is 4.71. The summed E-state index contributed by atoms with van der Waals surface area (Å²) in [6.45, 7) is 5.94. The lowest BCUT2D eigenvalue weighted by Crippen LogP contribution is -2.45. The third kappa shape index (κ3) is 3.37. The molecule has 0 N–H and O–H groups in total. The molecule has 4 nitrogen and oxygen atoms in total. The number of hydrazone groups is 1. The van der Waals surface area contributed by atoms with Crippen molar-refractivity contribution in [3.05, 3.63) is 89.5 Å². The van der Waals surface area contributed by atoms with Crippen molar-refractivity contribution in [3.8, 4) is 16.9 Å². The van der Waals surface area contributed by atoms with E-state index in [1.807, 2.05) is 18.2 Å². The summed E-state index contributed by atoms with van der Waals surface area (Å²) >= 11 is 0. The molecule has 1 saturated heterocycles. The molecule has 0 atom stereocenters. The molecule has 1 aliphatic carbocycles. The van der Waals surface area contributed by atoms with Crippen molar-refractivity contribution in [1.82, 2.24) is 9.91 Å². The van der Waals surface area contributed by atoms with Gasteiger partial charge in [-0.3, -0.25) is 9.91 Å².